The monoisotopic (exact) mass is 279 g/mol. The van der Waals surface area contributed by atoms with Gasteiger partial charge in [0.2, 0.25) is 0 Å². The Bertz CT molecular complexity index is 381. The molecule has 0 heterocycles. The van der Waals surface area contributed by atoms with Crippen LogP contribution in [-0.2, 0) is 4.79 Å². The summed E-state index contributed by atoms with van der Waals surface area (Å²) in [6.07, 6.45) is 1.81. The Balaban J connectivity index is 2.46. The number of para-hydroxylation sites is 1. The maximum Gasteiger partial charge on any atom is 0.261 e. The lowest BCUT2D eigenvalue weighted by atomic mass is 10.0. The number of benzene rings is 1. The summed E-state index contributed by atoms with van der Waals surface area (Å²) in [4.78, 5) is 12.1. The molecule has 0 saturated carbocycles. The molecule has 2 unspecified atom stereocenters. The molecule has 1 aromatic rings. The first-order chi connectivity index (χ1) is 9.71. The first kappa shape index (κ1) is 16.5. The minimum absolute atomic E-state index is 0.0901. The van der Waals surface area contributed by atoms with E-state index in [1.54, 1.807) is 0 Å². The van der Waals surface area contributed by atoms with Crippen LogP contribution in [-0.4, -0.2) is 30.3 Å². The Kier molecular flexibility index (Phi) is 7.73. The second kappa shape index (κ2) is 9.37. The van der Waals surface area contributed by atoms with Gasteiger partial charge >= 0.3 is 0 Å². The highest BCUT2D eigenvalue weighted by atomic mass is 16.5. The number of carbonyl (C=O) groups excluding carboxylic acids is 1. The largest absolute Gasteiger partial charge is 0.481 e. The Labute approximate surface area is 121 Å². The molecule has 0 aromatic heterocycles. The van der Waals surface area contributed by atoms with E-state index in [-0.39, 0.29) is 12.5 Å². The van der Waals surface area contributed by atoms with Crippen LogP contribution in [0.5, 0.6) is 5.75 Å². The molecular formula is C16H25NO3. The van der Waals surface area contributed by atoms with Gasteiger partial charge in [0.15, 0.2) is 6.10 Å². The molecule has 1 rings (SSSR count). The molecule has 1 amide bonds. The summed E-state index contributed by atoms with van der Waals surface area (Å²) in [5.41, 5.74) is 0. The number of ether oxygens (including phenoxy) is 1. The van der Waals surface area contributed by atoms with E-state index >= 15 is 0 Å². The highest BCUT2D eigenvalue weighted by Gasteiger charge is 2.19. The molecular weight excluding hydrogens is 254 g/mol. The van der Waals surface area contributed by atoms with Gasteiger partial charge in [0, 0.05) is 13.2 Å². The molecule has 0 saturated heterocycles. The highest BCUT2D eigenvalue weighted by molar-refractivity contribution is 5.81. The molecule has 0 aliphatic rings. The van der Waals surface area contributed by atoms with E-state index < -0.39 is 6.10 Å². The Morgan fingerprint density at radius 3 is 2.50 bits per heavy atom. The third-order valence-electron chi connectivity index (χ3n) is 3.36. The van der Waals surface area contributed by atoms with Crippen LogP contribution in [0.2, 0.25) is 0 Å². The summed E-state index contributed by atoms with van der Waals surface area (Å²) in [7, 11) is 0. The third-order valence-corrected chi connectivity index (χ3v) is 3.36. The zero-order valence-electron chi connectivity index (χ0n) is 12.3. The maximum absolute atomic E-state index is 12.1. The van der Waals surface area contributed by atoms with Crippen molar-refractivity contribution in [2.45, 2.75) is 39.2 Å². The minimum atomic E-state index is -0.468. The standard InChI is InChI=1S/C16H25NO3/c1-3-13(10-11-18)12-17-16(19)15(4-2)20-14-8-6-5-7-9-14/h5-9,13,15,18H,3-4,10-12H2,1-2H3,(H,17,19). The molecule has 4 heteroatoms. The van der Waals surface area contributed by atoms with Crippen LogP contribution in [0.3, 0.4) is 0 Å². The van der Waals surface area contributed by atoms with Crippen molar-refractivity contribution in [3.8, 4) is 5.75 Å². The predicted molar refractivity (Wildman–Crippen MR) is 79.6 cm³/mol. The van der Waals surface area contributed by atoms with Crippen LogP contribution in [0.15, 0.2) is 30.3 Å². The van der Waals surface area contributed by atoms with E-state index in [1.807, 2.05) is 37.3 Å². The van der Waals surface area contributed by atoms with Crippen LogP contribution in [0.25, 0.3) is 0 Å². The second-order valence-corrected chi connectivity index (χ2v) is 4.86. The quantitative estimate of drug-likeness (QED) is 0.729. The van der Waals surface area contributed by atoms with Crippen molar-refractivity contribution in [2.24, 2.45) is 5.92 Å². The summed E-state index contributed by atoms with van der Waals surface area (Å²) in [5.74, 6) is 0.933. The van der Waals surface area contributed by atoms with Gasteiger partial charge in [-0.05, 0) is 30.9 Å². The molecule has 2 N–H and O–H groups in total. The number of carbonyl (C=O) groups is 1. The zero-order chi connectivity index (χ0) is 14.8. The lowest BCUT2D eigenvalue weighted by molar-refractivity contribution is -0.128. The van der Waals surface area contributed by atoms with Crippen molar-refractivity contribution < 1.29 is 14.6 Å². The van der Waals surface area contributed by atoms with Crippen LogP contribution >= 0.6 is 0 Å². The number of hydrogen-bond donors (Lipinski definition) is 2. The fraction of sp³-hybridized carbons (Fsp3) is 0.562. The number of nitrogens with one attached hydrogen (secondary N) is 1. The van der Waals surface area contributed by atoms with Gasteiger partial charge in [0.25, 0.3) is 5.91 Å². The molecule has 1 aromatic carbocycles. The van der Waals surface area contributed by atoms with Crippen LogP contribution in [0.4, 0.5) is 0 Å². The van der Waals surface area contributed by atoms with Crippen molar-refractivity contribution >= 4 is 5.91 Å². The van der Waals surface area contributed by atoms with Gasteiger partial charge in [0.05, 0.1) is 0 Å². The molecule has 112 valence electrons. The molecule has 4 nitrogen and oxygen atoms in total. The Morgan fingerprint density at radius 2 is 1.95 bits per heavy atom. The van der Waals surface area contributed by atoms with Gasteiger partial charge < -0.3 is 15.2 Å². The average molecular weight is 279 g/mol. The topological polar surface area (TPSA) is 58.6 Å². The summed E-state index contributed by atoms with van der Waals surface area (Å²) < 4.78 is 5.69. The van der Waals surface area contributed by atoms with Gasteiger partial charge in [-0.2, -0.15) is 0 Å². The summed E-state index contributed by atoms with van der Waals surface area (Å²) in [6, 6.07) is 9.37. The van der Waals surface area contributed by atoms with Crippen LogP contribution < -0.4 is 10.1 Å². The van der Waals surface area contributed by atoms with E-state index in [1.165, 1.54) is 0 Å². The first-order valence-electron chi connectivity index (χ1n) is 7.31. The van der Waals surface area contributed by atoms with Gasteiger partial charge in [-0.25, -0.2) is 0 Å². The van der Waals surface area contributed by atoms with Gasteiger partial charge in [-0.1, -0.05) is 38.5 Å². The van der Waals surface area contributed by atoms with Gasteiger partial charge in [0.1, 0.15) is 5.75 Å². The number of hydrogen-bond acceptors (Lipinski definition) is 3. The maximum atomic E-state index is 12.1. The fourth-order valence-corrected chi connectivity index (χ4v) is 1.98. The smallest absolute Gasteiger partial charge is 0.261 e. The number of amides is 1. The molecule has 0 spiro atoms. The van der Waals surface area contributed by atoms with E-state index in [0.717, 1.165) is 6.42 Å². The predicted octanol–water partition coefficient (Wildman–Crippen LogP) is 2.37. The van der Waals surface area contributed by atoms with E-state index in [2.05, 4.69) is 12.2 Å². The second-order valence-electron chi connectivity index (χ2n) is 4.86. The first-order valence-corrected chi connectivity index (χ1v) is 7.31. The molecule has 0 aliphatic heterocycles. The average Bonchev–Trinajstić information content (AvgIpc) is 2.49. The minimum Gasteiger partial charge on any atom is -0.481 e. The lowest BCUT2D eigenvalue weighted by Crippen LogP contribution is -2.40. The lowest BCUT2D eigenvalue weighted by Gasteiger charge is -2.19. The molecule has 0 radical (unpaired) electrons. The van der Waals surface area contributed by atoms with Crippen molar-refractivity contribution in [1.82, 2.24) is 5.32 Å². The number of aliphatic hydroxyl groups is 1. The van der Waals surface area contributed by atoms with Gasteiger partial charge in [-0.3, -0.25) is 4.79 Å². The molecule has 20 heavy (non-hydrogen) atoms. The van der Waals surface area contributed by atoms with Crippen LogP contribution in [0.1, 0.15) is 33.1 Å². The Morgan fingerprint density at radius 1 is 1.25 bits per heavy atom. The SMILES string of the molecule is CCC(CCO)CNC(=O)C(CC)Oc1ccccc1. The van der Waals surface area contributed by atoms with Crippen molar-refractivity contribution in [1.29, 1.82) is 0 Å². The van der Waals surface area contributed by atoms with Crippen molar-refractivity contribution in [3.63, 3.8) is 0 Å². The summed E-state index contributed by atoms with van der Waals surface area (Å²) in [5, 5.41) is 11.9. The molecule has 0 bridgehead atoms. The summed E-state index contributed by atoms with van der Waals surface area (Å²) in [6.45, 7) is 4.74. The number of rotatable bonds is 9. The third kappa shape index (κ3) is 5.61. The zero-order valence-corrected chi connectivity index (χ0v) is 12.3. The highest BCUT2D eigenvalue weighted by Crippen LogP contribution is 2.13. The van der Waals surface area contributed by atoms with E-state index in [0.29, 0.717) is 31.1 Å². The fourth-order valence-electron chi connectivity index (χ4n) is 1.98. The number of aliphatic hydroxyl groups excluding tert-OH is 1. The van der Waals surface area contributed by atoms with Gasteiger partial charge in [-0.15, -0.1) is 0 Å². The molecule has 0 fully saturated rings. The Hall–Kier alpha value is -1.55. The molecule has 2 atom stereocenters. The van der Waals surface area contributed by atoms with Crippen molar-refractivity contribution in [2.75, 3.05) is 13.2 Å². The van der Waals surface area contributed by atoms with E-state index in [4.69, 9.17) is 9.84 Å². The van der Waals surface area contributed by atoms with E-state index in [9.17, 15) is 4.79 Å². The molecule has 0 aliphatic carbocycles. The van der Waals surface area contributed by atoms with Crippen molar-refractivity contribution in [3.05, 3.63) is 30.3 Å². The normalized spacial score (nSPS) is 13.6. The summed E-state index contributed by atoms with van der Waals surface area (Å²) >= 11 is 0. The van der Waals surface area contributed by atoms with Crippen LogP contribution in [0, 0.1) is 5.92 Å².